The summed E-state index contributed by atoms with van der Waals surface area (Å²) >= 11 is 0. The maximum atomic E-state index is 12.6. The normalized spacial score (nSPS) is 12.5. The molecule has 190 valence electrons. The van der Waals surface area contributed by atoms with Crippen molar-refractivity contribution in [1.29, 1.82) is 0 Å². The van der Waals surface area contributed by atoms with Crippen LogP contribution in [0.15, 0.2) is 101 Å². The summed E-state index contributed by atoms with van der Waals surface area (Å²) in [6.07, 6.45) is 2.55. The van der Waals surface area contributed by atoms with E-state index in [1.54, 1.807) is 48.7 Å². The number of esters is 1. The Morgan fingerprint density at radius 1 is 0.973 bits per heavy atom. The molecule has 4 rings (SSSR count). The van der Waals surface area contributed by atoms with Gasteiger partial charge in [0, 0.05) is 23.6 Å². The van der Waals surface area contributed by atoms with Crippen molar-refractivity contribution in [3.05, 3.63) is 108 Å². The van der Waals surface area contributed by atoms with Crippen LogP contribution in [0.25, 0.3) is 10.9 Å². The highest BCUT2D eigenvalue weighted by atomic mass is 32.2. The molecule has 8 nitrogen and oxygen atoms in total. The van der Waals surface area contributed by atoms with Gasteiger partial charge in [0.1, 0.15) is 6.61 Å². The van der Waals surface area contributed by atoms with Gasteiger partial charge in [-0.3, -0.25) is 9.17 Å². The molecule has 0 saturated carbocycles. The molecule has 1 unspecified atom stereocenters. The summed E-state index contributed by atoms with van der Waals surface area (Å²) in [5.74, 6) is -0.488. The zero-order chi connectivity index (χ0) is 26.1. The second-order valence-electron chi connectivity index (χ2n) is 8.23. The molecule has 1 aromatic heterocycles. The van der Waals surface area contributed by atoms with Gasteiger partial charge in [-0.05, 0) is 37.3 Å². The third-order valence-corrected chi connectivity index (χ3v) is 6.76. The van der Waals surface area contributed by atoms with E-state index in [1.165, 1.54) is 18.3 Å². The average molecular weight is 519 g/mol. The van der Waals surface area contributed by atoms with Crippen LogP contribution in [-0.2, 0) is 23.9 Å². The minimum absolute atomic E-state index is 0.0162. The van der Waals surface area contributed by atoms with Crippen molar-refractivity contribution in [3.63, 3.8) is 0 Å². The predicted molar refractivity (Wildman–Crippen MR) is 140 cm³/mol. The van der Waals surface area contributed by atoms with E-state index in [2.05, 4.69) is 10.1 Å². The number of ether oxygens (including phenoxy) is 1. The van der Waals surface area contributed by atoms with E-state index in [1.807, 2.05) is 37.3 Å². The topological polar surface area (TPSA) is 104 Å². The lowest BCUT2D eigenvalue weighted by atomic mass is 10.1. The van der Waals surface area contributed by atoms with Gasteiger partial charge in [-0.25, -0.2) is 4.79 Å². The number of fused-ring (bicyclic) bond motifs is 1. The molecule has 37 heavy (non-hydrogen) atoms. The standard InChI is InChI=1S/C28H26N2O6S/c1-21-12-14-26(15-13-21)37(32,33)35-20-25(16-18-34-28(31)23-7-3-2-4-8-23)36-30-19-24-10-5-9-22-11-6-17-29-27(22)24/h2-15,17,19,25H,16,18,20H2,1H3/b30-19+. The molecule has 4 aromatic rings. The molecular formula is C28H26N2O6S. The molecule has 0 spiro atoms. The second-order valence-corrected chi connectivity index (χ2v) is 9.84. The Kier molecular flexibility index (Phi) is 8.60. The van der Waals surface area contributed by atoms with Crippen LogP contribution >= 0.6 is 0 Å². The molecule has 0 fully saturated rings. The number of benzene rings is 3. The van der Waals surface area contributed by atoms with Crippen LogP contribution in [-0.4, -0.2) is 44.9 Å². The Balaban J connectivity index is 1.43. The number of aromatic nitrogens is 1. The molecule has 1 atom stereocenters. The summed E-state index contributed by atoms with van der Waals surface area (Å²) in [5.41, 5.74) is 2.83. The Bertz CT molecular complexity index is 1470. The van der Waals surface area contributed by atoms with Gasteiger partial charge in [-0.1, -0.05) is 65.3 Å². The second kappa shape index (κ2) is 12.2. The maximum absolute atomic E-state index is 12.6. The fourth-order valence-corrected chi connectivity index (χ4v) is 4.39. The highest BCUT2D eigenvalue weighted by Gasteiger charge is 2.20. The van der Waals surface area contributed by atoms with Crippen molar-refractivity contribution in [2.24, 2.45) is 5.16 Å². The van der Waals surface area contributed by atoms with Gasteiger partial charge in [0.25, 0.3) is 10.1 Å². The summed E-state index contributed by atoms with van der Waals surface area (Å²) < 4.78 is 35.9. The maximum Gasteiger partial charge on any atom is 0.338 e. The van der Waals surface area contributed by atoms with Crippen LogP contribution in [0.4, 0.5) is 0 Å². The van der Waals surface area contributed by atoms with E-state index in [9.17, 15) is 13.2 Å². The molecule has 0 radical (unpaired) electrons. The number of carbonyl (C=O) groups excluding carboxylic acids is 1. The van der Waals surface area contributed by atoms with Gasteiger partial charge in [-0.15, -0.1) is 0 Å². The van der Waals surface area contributed by atoms with E-state index < -0.39 is 22.2 Å². The highest BCUT2D eigenvalue weighted by Crippen LogP contribution is 2.16. The number of nitrogens with zero attached hydrogens (tertiary/aromatic N) is 2. The summed E-state index contributed by atoms with van der Waals surface area (Å²) in [7, 11) is -4.01. The van der Waals surface area contributed by atoms with E-state index in [-0.39, 0.29) is 24.5 Å². The Hall–Kier alpha value is -4.08. The molecule has 0 aliphatic carbocycles. The highest BCUT2D eigenvalue weighted by molar-refractivity contribution is 7.86. The molecule has 0 saturated heterocycles. The van der Waals surface area contributed by atoms with Gasteiger partial charge in [0.15, 0.2) is 6.10 Å². The van der Waals surface area contributed by atoms with Crippen molar-refractivity contribution < 1.29 is 27.0 Å². The first kappa shape index (κ1) is 26.0. The van der Waals surface area contributed by atoms with Gasteiger partial charge >= 0.3 is 5.97 Å². The lowest BCUT2D eigenvalue weighted by Gasteiger charge is -2.15. The third-order valence-electron chi connectivity index (χ3n) is 5.47. The van der Waals surface area contributed by atoms with Crippen molar-refractivity contribution in [1.82, 2.24) is 4.98 Å². The van der Waals surface area contributed by atoms with Crippen LogP contribution < -0.4 is 0 Å². The molecule has 0 aliphatic rings. The summed E-state index contributed by atoms with van der Waals surface area (Å²) in [5, 5.41) is 5.00. The number of rotatable bonds is 11. The number of hydrogen-bond donors (Lipinski definition) is 0. The minimum atomic E-state index is -4.01. The zero-order valence-electron chi connectivity index (χ0n) is 20.2. The summed E-state index contributed by atoms with van der Waals surface area (Å²) in [4.78, 5) is 22.3. The molecule has 0 aliphatic heterocycles. The smallest absolute Gasteiger partial charge is 0.338 e. The monoisotopic (exact) mass is 518 g/mol. The lowest BCUT2D eigenvalue weighted by molar-refractivity contribution is 0.00285. The van der Waals surface area contributed by atoms with Crippen molar-refractivity contribution in [2.45, 2.75) is 24.3 Å². The molecule has 0 bridgehead atoms. The van der Waals surface area contributed by atoms with E-state index in [4.69, 9.17) is 13.8 Å². The molecule has 9 heteroatoms. The average Bonchev–Trinajstić information content (AvgIpc) is 2.92. The van der Waals surface area contributed by atoms with Crippen LogP contribution in [0.5, 0.6) is 0 Å². The summed E-state index contributed by atoms with van der Waals surface area (Å²) in [6.45, 7) is 1.53. The predicted octanol–water partition coefficient (Wildman–Crippen LogP) is 4.91. The van der Waals surface area contributed by atoms with Crippen LogP contribution in [0.2, 0.25) is 0 Å². The Labute approximate surface area is 215 Å². The number of carbonyl (C=O) groups is 1. The Morgan fingerprint density at radius 3 is 2.51 bits per heavy atom. The SMILES string of the molecule is Cc1ccc(S(=O)(=O)OCC(CCOC(=O)c2ccccc2)O/N=C/c2cccc3cccnc23)cc1. The largest absolute Gasteiger partial charge is 0.462 e. The van der Waals surface area contributed by atoms with Crippen molar-refractivity contribution >= 4 is 33.2 Å². The van der Waals surface area contributed by atoms with Gasteiger partial charge in [0.05, 0.1) is 28.8 Å². The fraction of sp³-hybridized carbons (Fsp3) is 0.179. The number of pyridine rings is 1. The van der Waals surface area contributed by atoms with E-state index >= 15 is 0 Å². The molecular weight excluding hydrogens is 492 g/mol. The first-order valence-corrected chi connectivity index (χ1v) is 13.0. The van der Waals surface area contributed by atoms with Crippen LogP contribution in [0.1, 0.15) is 27.9 Å². The summed E-state index contributed by atoms with van der Waals surface area (Å²) in [6, 6.07) is 24.4. The van der Waals surface area contributed by atoms with Crippen LogP contribution in [0, 0.1) is 6.92 Å². The third kappa shape index (κ3) is 7.22. The quantitative estimate of drug-likeness (QED) is 0.120. The number of hydrogen-bond acceptors (Lipinski definition) is 8. The number of aryl methyl sites for hydroxylation is 1. The number of para-hydroxylation sites is 1. The first-order chi connectivity index (χ1) is 17.9. The lowest BCUT2D eigenvalue weighted by Crippen LogP contribution is -2.23. The fourth-order valence-electron chi connectivity index (χ4n) is 3.45. The van der Waals surface area contributed by atoms with E-state index in [0.29, 0.717) is 5.56 Å². The van der Waals surface area contributed by atoms with Gasteiger partial charge in [0.2, 0.25) is 0 Å². The van der Waals surface area contributed by atoms with Crippen molar-refractivity contribution in [2.75, 3.05) is 13.2 Å². The van der Waals surface area contributed by atoms with Crippen molar-refractivity contribution in [3.8, 4) is 0 Å². The van der Waals surface area contributed by atoms with Gasteiger partial charge < -0.3 is 9.57 Å². The zero-order valence-corrected chi connectivity index (χ0v) is 21.0. The molecule has 0 amide bonds. The first-order valence-electron chi connectivity index (χ1n) is 11.6. The minimum Gasteiger partial charge on any atom is -0.462 e. The molecule has 1 heterocycles. The van der Waals surface area contributed by atoms with Crippen LogP contribution in [0.3, 0.4) is 0 Å². The van der Waals surface area contributed by atoms with Gasteiger partial charge in [-0.2, -0.15) is 8.42 Å². The number of oxime groups is 1. The van der Waals surface area contributed by atoms with E-state index in [0.717, 1.165) is 22.0 Å². The Morgan fingerprint density at radius 2 is 1.73 bits per heavy atom. The molecule has 0 N–H and O–H groups in total. The molecule has 3 aromatic carbocycles.